The molecule has 23 heavy (non-hydrogen) atoms. The Morgan fingerprint density at radius 3 is 2.83 bits per heavy atom. The van der Waals surface area contributed by atoms with E-state index in [1.165, 1.54) is 0 Å². The zero-order chi connectivity index (χ0) is 16.1. The second-order valence-electron chi connectivity index (χ2n) is 5.28. The van der Waals surface area contributed by atoms with Gasteiger partial charge >= 0.3 is 0 Å². The molecular weight excluding hydrogens is 294 g/mol. The van der Waals surface area contributed by atoms with Gasteiger partial charge in [-0.1, -0.05) is 0 Å². The molecule has 0 N–H and O–H groups in total. The number of hydrogen-bond donors (Lipinski definition) is 0. The van der Waals surface area contributed by atoms with Crippen molar-refractivity contribution in [3.8, 4) is 11.6 Å². The number of amides is 1. The van der Waals surface area contributed by atoms with Crippen LogP contribution < -0.4 is 9.47 Å². The summed E-state index contributed by atoms with van der Waals surface area (Å²) in [5.74, 6) is 1.28. The highest BCUT2D eigenvalue weighted by Crippen LogP contribution is 2.19. The molecular formula is C17H19N3O3. The molecule has 3 rings (SSSR count). The van der Waals surface area contributed by atoms with E-state index in [4.69, 9.17) is 9.47 Å². The van der Waals surface area contributed by atoms with Crippen LogP contribution in [0.25, 0.3) is 0 Å². The second kappa shape index (κ2) is 7.09. The van der Waals surface area contributed by atoms with Crippen LogP contribution >= 0.6 is 0 Å². The first-order valence-corrected chi connectivity index (χ1v) is 7.71. The molecule has 1 aromatic heterocycles. The van der Waals surface area contributed by atoms with Crippen LogP contribution in [-0.2, 0) is 0 Å². The first-order valence-electron chi connectivity index (χ1n) is 7.71. The minimum atomic E-state index is -0.0432. The lowest BCUT2D eigenvalue weighted by atomic mass is 10.2. The van der Waals surface area contributed by atoms with Gasteiger partial charge < -0.3 is 14.4 Å². The van der Waals surface area contributed by atoms with Gasteiger partial charge in [0.2, 0.25) is 5.88 Å². The molecule has 1 aliphatic rings. The fraction of sp³-hybridized carbons (Fsp3) is 0.353. The fourth-order valence-corrected chi connectivity index (χ4v) is 2.57. The molecule has 0 bridgehead atoms. The predicted molar refractivity (Wildman–Crippen MR) is 84.6 cm³/mol. The van der Waals surface area contributed by atoms with Crippen molar-refractivity contribution >= 4 is 5.91 Å². The van der Waals surface area contributed by atoms with E-state index in [9.17, 15) is 4.79 Å². The first-order chi connectivity index (χ1) is 11.3. The summed E-state index contributed by atoms with van der Waals surface area (Å²) in [6.07, 6.45) is 5.52. The minimum Gasteiger partial charge on any atom is -0.494 e. The average Bonchev–Trinajstić information content (AvgIpc) is 3.05. The van der Waals surface area contributed by atoms with Gasteiger partial charge in [-0.05, 0) is 31.2 Å². The van der Waals surface area contributed by atoms with Crippen molar-refractivity contribution in [2.45, 2.75) is 19.4 Å². The summed E-state index contributed by atoms with van der Waals surface area (Å²) >= 11 is 0. The highest BCUT2D eigenvalue weighted by Gasteiger charge is 2.28. The Bertz CT molecular complexity index is 646. The van der Waals surface area contributed by atoms with Crippen LogP contribution in [0.1, 0.15) is 23.7 Å². The third-order valence-corrected chi connectivity index (χ3v) is 3.67. The molecule has 6 nitrogen and oxygen atoms in total. The van der Waals surface area contributed by atoms with Crippen molar-refractivity contribution in [1.29, 1.82) is 0 Å². The number of carbonyl (C=O) groups excluding carboxylic acids is 1. The number of hydrogen-bond acceptors (Lipinski definition) is 5. The van der Waals surface area contributed by atoms with Crippen LogP contribution in [-0.4, -0.2) is 46.6 Å². The molecule has 1 amide bonds. The van der Waals surface area contributed by atoms with Crippen molar-refractivity contribution < 1.29 is 14.3 Å². The van der Waals surface area contributed by atoms with Gasteiger partial charge in [0.15, 0.2) is 0 Å². The predicted octanol–water partition coefficient (Wildman–Crippen LogP) is 2.17. The fourth-order valence-electron chi connectivity index (χ4n) is 2.57. The maximum absolute atomic E-state index is 12.5. The van der Waals surface area contributed by atoms with Crippen LogP contribution in [0.3, 0.4) is 0 Å². The molecule has 0 spiro atoms. The van der Waals surface area contributed by atoms with Gasteiger partial charge in [0, 0.05) is 30.9 Å². The van der Waals surface area contributed by atoms with Crippen LogP contribution in [0.2, 0.25) is 0 Å². The Hall–Kier alpha value is -2.63. The molecule has 0 aliphatic carbocycles. The van der Waals surface area contributed by atoms with E-state index >= 15 is 0 Å². The van der Waals surface area contributed by atoms with Crippen molar-refractivity contribution in [3.05, 3.63) is 48.4 Å². The Labute approximate surface area is 135 Å². The minimum absolute atomic E-state index is 0.0123. The summed E-state index contributed by atoms with van der Waals surface area (Å²) in [7, 11) is 0. The Balaban J connectivity index is 1.58. The van der Waals surface area contributed by atoms with Gasteiger partial charge in [0.05, 0.1) is 19.3 Å². The third-order valence-electron chi connectivity index (χ3n) is 3.67. The number of likely N-dealkylation sites (tertiary alicyclic amines) is 1. The van der Waals surface area contributed by atoms with E-state index in [0.717, 1.165) is 12.2 Å². The van der Waals surface area contributed by atoms with Crippen molar-refractivity contribution in [3.63, 3.8) is 0 Å². The lowest BCUT2D eigenvalue weighted by molar-refractivity contribution is 0.0771. The van der Waals surface area contributed by atoms with Crippen LogP contribution in [0.4, 0.5) is 0 Å². The smallest absolute Gasteiger partial charge is 0.253 e. The molecule has 1 atom stereocenters. The topological polar surface area (TPSA) is 64.5 Å². The van der Waals surface area contributed by atoms with Crippen molar-refractivity contribution in [2.75, 3.05) is 19.7 Å². The first kappa shape index (κ1) is 15.3. The second-order valence-corrected chi connectivity index (χ2v) is 5.28. The third kappa shape index (κ3) is 3.77. The van der Waals surface area contributed by atoms with E-state index in [0.29, 0.717) is 31.1 Å². The molecule has 0 radical (unpaired) electrons. The number of ether oxygens (including phenoxy) is 2. The quantitative estimate of drug-likeness (QED) is 0.846. The molecule has 1 saturated heterocycles. The summed E-state index contributed by atoms with van der Waals surface area (Å²) in [5, 5.41) is 0. The Kier molecular flexibility index (Phi) is 4.71. The number of aromatic nitrogens is 2. The molecule has 2 heterocycles. The van der Waals surface area contributed by atoms with Crippen molar-refractivity contribution in [2.24, 2.45) is 0 Å². The highest BCUT2D eigenvalue weighted by molar-refractivity contribution is 5.94. The normalized spacial score (nSPS) is 17.1. The largest absolute Gasteiger partial charge is 0.494 e. The SMILES string of the molecule is CCOc1ccc(C(=O)N2CCC(Oc3cnccn3)C2)cc1. The average molecular weight is 313 g/mol. The van der Waals surface area contributed by atoms with E-state index < -0.39 is 0 Å². The van der Waals surface area contributed by atoms with Crippen molar-refractivity contribution in [1.82, 2.24) is 14.9 Å². The summed E-state index contributed by atoms with van der Waals surface area (Å²) in [6.45, 7) is 3.78. The molecule has 1 unspecified atom stereocenters. The summed E-state index contributed by atoms with van der Waals surface area (Å²) in [6, 6.07) is 7.23. The van der Waals surface area contributed by atoms with E-state index in [1.54, 1.807) is 35.6 Å². The monoisotopic (exact) mass is 313 g/mol. The summed E-state index contributed by atoms with van der Waals surface area (Å²) in [5.41, 5.74) is 0.661. The molecule has 0 saturated carbocycles. The van der Waals surface area contributed by atoms with E-state index in [2.05, 4.69) is 9.97 Å². The number of nitrogens with zero attached hydrogens (tertiary/aromatic N) is 3. The lowest BCUT2D eigenvalue weighted by Gasteiger charge is -2.17. The molecule has 2 aromatic rings. The van der Waals surface area contributed by atoms with Crippen LogP contribution in [0.15, 0.2) is 42.9 Å². The van der Waals surface area contributed by atoms with Gasteiger partial charge in [-0.2, -0.15) is 0 Å². The maximum Gasteiger partial charge on any atom is 0.253 e. The van der Waals surface area contributed by atoms with Gasteiger partial charge in [-0.15, -0.1) is 0 Å². The summed E-state index contributed by atoms with van der Waals surface area (Å²) in [4.78, 5) is 22.4. The lowest BCUT2D eigenvalue weighted by Crippen LogP contribution is -2.31. The Morgan fingerprint density at radius 1 is 1.30 bits per heavy atom. The van der Waals surface area contributed by atoms with Gasteiger partial charge in [-0.3, -0.25) is 9.78 Å². The standard InChI is InChI=1S/C17H19N3O3/c1-2-22-14-5-3-13(4-6-14)17(21)20-10-7-15(12-20)23-16-11-18-8-9-19-16/h3-6,8-9,11,15H,2,7,10,12H2,1H3. The number of benzene rings is 1. The van der Waals surface area contributed by atoms with Gasteiger partial charge in [0.25, 0.3) is 5.91 Å². The molecule has 1 aliphatic heterocycles. The summed E-state index contributed by atoms with van der Waals surface area (Å²) < 4.78 is 11.1. The van der Waals surface area contributed by atoms with Gasteiger partial charge in [0.1, 0.15) is 11.9 Å². The highest BCUT2D eigenvalue weighted by atomic mass is 16.5. The molecule has 120 valence electrons. The van der Waals surface area contributed by atoms with Gasteiger partial charge in [-0.25, -0.2) is 4.98 Å². The number of carbonyl (C=O) groups is 1. The van der Waals surface area contributed by atoms with E-state index in [-0.39, 0.29) is 12.0 Å². The number of rotatable bonds is 5. The van der Waals surface area contributed by atoms with Crippen LogP contribution in [0.5, 0.6) is 11.6 Å². The van der Waals surface area contributed by atoms with Crippen LogP contribution in [0, 0.1) is 0 Å². The molecule has 1 aromatic carbocycles. The molecule has 6 heteroatoms. The Morgan fingerprint density at radius 2 is 2.13 bits per heavy atom. The van der Waals surface area contributed by atoms with E-state index in [1.807, 2.05) is 19.1 Å². The molecule has 1 fully saturated rings. The zero-order valence-electron chi connectivity index (χ0n) is 13.0. The zero-order valence-corrected chi connectivity index (χ0v) is 13.0. The maximum atomic E-state index is 12.5.